The highest BCUT2D eigenvalue weighted by Crippen LogP contribution is 2.43. The van der Waals surface area contributed by atoms with Crippen LogP contribution in [0.25, 0.3) is 0 Å². The van der Waals surface area contributed by atoms with Crippen molar-refractivity contribution in [2.75, 3.05) is 26.4 Å². The zero-order valence-corrected chi connectivity index (χ0v) is 38.2. The Hall–Kier alpha value is -2.03. The average Bonchev–Trinajstić information content (AvgIpc) is 3.21. The molecule has 0 fully saturated rings. The molecule has 0 amide bonds. The Balaban J connectivity index is 4.14. The van der Waals surface area contributed by atoms with Crippen LogP contribution in [0.2, 0.25) is 0 Å². The van der Waals surface area contributed by atoms with E-state index >= 15 is 0 Å². The quantitative estimate of drug-likeness (QED) is 0.0266. The number of phosphoric acid groups is 1. The molecule has 58 heavy (non-hydrogen) atoms. The minimum absolute atomic E-state index is 0.0444. The van der Waals surface area contributed by atoms with Crippen molar-refractivity contribution in [2.45, 2.75) is 219 Å². The Bertz CT molecular complexity index is 1090. The second-order valence-electron chi connectivity index (χ2n) is 15.6. The van der Waals surface area contributed by atoms with Gasteiger partial charge in [0.15, 0.2) is 6.10 Å². The summed E-state index contributed by atoms with van der Waals surface area (Å²) < 4.78 is 32.8. The maximum absolute atomic E-state index is 12.6. The maximum atomic E-state index is 12.6. The van der Waals surface area contributed by atoms with Crippen molar-refractivity contribution in [3.63, 3.8) is 0 Å². The Labute approximate surface area is 356 Å². The summed E-state index contributed by atoms with van der Waals surface area (Å²) in [6, 6.07) is 0. The van der Waals surface area contributed by atoms with Crippen molar-refractivity contribution < 1.29 is 37.6 Å². The van der Waals surface area contributed by atoms with Gasteiger partial charge in [-0.05, 0) is 70.6 Å². The molecule has 0 rings (SSSR count). The molecule has 3 N–H and O–H groups in total. The van der Waals surface area contributed by atoms with Crippen LogP contribution in [-0.2, 0) is 32.7 Å². The highest BCUT2D eigenvalue weighted by molar-refractivity contribution is 7.47. The van der Waals surface area contributed by atoms with E-state index in [4.69, 9.17) is 24.3 Å². The van der Waals surface area contributed by atoms with E-state index in [9.17, 15) is 19.0 Å². The van der Waals surface area contributed by atoms with Crippen LogP contribution in [0, 0.1) is 0 Å². The lowest BCUT2D eigenvalue weighted by molar-refractivity contribution is -0.161. The number of allylic oxidation sites excluding steroid dienone is 8. The van der Waals surface area contributed by atoms with Gasteiger partial charge in [0.2, 0.25) is 0 Å². The van der Waals surface area contributed by atoms with Gasteiger partial charge in [0, 0.05) is 19.4 Å². The molecule has 0 saturated heterocycles. The number of carbonyl (C=O) groups excluding carboxylic acids is 2. The van der Waals surface area contributed by atoms with E-state index in [0.717, 1.165) is 70.6 Å². The molecular formula is C48H88NO8P. The zero-order chi connectivity index (χ0) is 42.5. The Morgan fingerprint density at radius 2 is 0.948 bits per heavy atom. The van der Waals surface area contributed by atoms with E-state index < -0.39 is 32.5 Å². The SMILES string of the molecule is CCCC/C=C/C/C=C/CCCCCCCC(=O)OC[C@H](COP(=O)(O)OCCN)OC(=O)CCC/C=C/CC/C=C/CCCCCCCCCCCCCCCC. The molecule has 0 aliphatic carbocycles. The number of esters is 2. The second-order valence-corrected chi connectivity index (χ2v) is 17.1. The molecule has 0 aromatic rings. The molecule has 0 bridgehead atoms. The first-order valence-electron chi connectivity index (χ1n) is 23.6. The van der Waals surface area contributed by atoms with Crippen molar-refractivity contribution in [3.05, 3.63) is 48.6 Å². The zero-order valence-electron chi connectivity index (χ0n) is 37.3. The molecule has 10 heteroatoms. The summed E-state index contributed by atoms with van der Waals surface area (Å²) in [5, 5.41) is 0. The molecule has 0 aromatic carbocycles. The Morgan fingerprint density at radius 3 is 1.48 bits per heavy atom. The fraction of sp³-hybridized carbons (Fsp3) is 0.792. The number of phosphoric ester groups is 1. The van der Waals surface area contributed by atoms with Crippen LogP contribution in [0.5, 0.6) is 0 Å². The molecule has 0 saturated carbocycles. The highest BCUT2D eigenvalue weighted by Gasteiger charge is 2.26. The van der Waals surface area contributed by atoms with Crippen LogP contribution in [0.1, 0.15) is 213 Å². The third kappa shape index (κ3) is 43.5. The van der Waals surface area contributed by atoms with Crippen LogP contribution in [0.3, 0.4) is 0 Å². The second kappa shape index (κ2) is 44.5. The lowest BCUT2D eigenvalue weighted by Gasteiger charge is -2.19. The van der Waals surface area contributed by atoms with Gasteiger partial charge in [0.1, 0.15) is 6.61 Å². The van der Waals surface area contributed by atoms with E-state index in [2.05, 4.69) is 62.5 Å². The van der Waals surface area contributed by atoms with Gasteiger partial charge in [-0.15, -0.1) is 0 Å². The van der Waals surface area contributed by atoms with Crippen LogP contribution in [0.4, 0.5) is 0 Å². The molecule has 0 aliphatic heterocycles. The van der Waals surface area contributed by atoms with Gasteiger partial charge in [0.25, 0.3) is 0 Å². The molecular weight excluding hydrogens is 750 g/mol. The Kier molecular flexibility index (Phi) is 43.0. The van der Waals surface area contributed by atoms with Gasteiger partial charge in [-0.2, -0.15) is 0 Å². The van der Waals surface area contributed by atoms with Gasteiger partial charge in [-0.25, -0.2) is 4.57 Å². The van der Waals surface area contributed by atoms with Crippen molar-refractivity contribution in [2.24, 2.45) is 5.73 Å². The van der Waals surface area contributed by atoms with E-state index in [-0.39, 0.29) is 32.6 Å². The van der Waals surface area contributed by atoms with E-state index in [1.807, 2.05) is 0 Å². The minimum atomic E-state index is -4.39. The van der Waals surface area contributed by atoms with Crippen LogP contribution in [-0.4, -0.2) is 49.3 Å². The predicted octanol–water partition coefficient (Wildman–Crippen LogP) is 13.9. The standard InChI is InChI=1S/C48H88NO8P/c1-3-5-7-9-11-13-15-17-19-20-21-22-23-24-25-26-27-29-31-33-35-37-39-41-48(51)57-46(45-56-58(52,53)55-43-42-49)44-54-47(50)40-38-36-34-32-30-28-18-16-14-12-10-8-6-4-2/h10,12,16,18,26-27,33,35,46H,3-9,11,13-15,17,19-25,28-32,34,36-45,49H2,1-2H3,(H,52,53)/b12-10+,18-16+,27-26+,35-33+/t46-/m1/s1. The first-order valence-corrected chi connectivity index (χ1v) is 25.1. The molecule has 0 radical (unpaired) electrons. The molecule has 0 aliphatic rings. The van der Waals surface area contributed by atoms with E-state index in [1.165, 1.54) is 103 Å². The maximum Gasteiger partial charge on any atom is 0.472 e. The summed E-state index contributed by atoms with van der Waals surface area (Å²) in [6.45, 7) is 3.65. The average molecular weight is 838 g/mol. The smallest absolute Gasteiger partial charge is 0.462 e. The summed E-state index contributed by atoms with van der Waals surface area (Å²) in [6.07, 6.45) is 51.6. The number of ether oxygens (including phenoxy) is 2. The Morgan fingerprint density at radius 1 is 0.517 bits per heavy atom. The lowest BCUT2D eigenvalue weighted by atomic mass is 10.0. The van der Waals surface area contributed by atoms with Gasteiger partial charge < -0.3 is 20.1 Å². The van der Waals surface area contributed by atoms with Gasteiger partial charge in [0.05, 0.1) is 13.2 Å². The number of carbonyl (C=O) groups is 2. The molecule has 9 nitrogen and oxygen atoms in total. The molecule has 1 unspecified atom stereocenters. The first kappa shape index (κ1) is 56.0. The summed E-state index contributed by atoms with van der Waals surface area (Å²) in [5.74, 6) is -0.893. The van der Waals surface area contributed by atoms with Crippen molar-refractivity contribution in [1.29, 1.82) is 0 Å². The molecule has 2 atom stereocenters. The molecule has 338 valence electrons. The minimum Gasteiger partial charge on any atom is -0.462 e. The fourth-order valence-corrected chi connectivity index (χ4v) is 7.14. The lowest BCUT2D eigenvalue weighted by Crippen LogP contribution is -2.29. The van der Waals surface area contributed by atoms with Crippen LogP contribution in [0.15, 0.2) is 48.6 Å². The van der Waals surface area contributed by atoms with Crippen molar-refractivity contribution >= 4 is 19.8 Å². The summed E-state index contributed by atoms with van der Waals surface area (Å²) >= 11 is 0. The van der Waals surface area contributed by atoms with Crippen molar-refractivity contribution in [3.8, 4) is 0 Å². The molecule has 0 spiro atoms. The monoisotopic (exact) mass is 838 g/mol. The highest BCUT2D eigenvalue weighted by atomic mass is 31.2. The molecule has 0 heterocycles. The van der Waals surface area contributed by atoms with E-state index in [0.29, 0.717) is 12.8 Å². The molecule has 0 aromatic heterocycles. The van der Waals surface area contributed by atoms with Crippen molar-refractivity contribution in [1.82, 2.24) is 0 Å². The van der Waals surface area contributed by atoms with E-state index in [1.54, 1.807) is 0 Å². The van der Waals surface area contributed by atoms with Gasteiger partial charge in [-0.3, -0.25) is 18.6 Å². The third-order valence-corrected chi connectivity index (χ3v) is 10.9. The summed E-state index contributed by atoms with van der Waals surface area (Å²) in [4.78, 5) is 34.9. The first-order chi connectivity index (χ1) is 28.3. The number of rotatable bonds is 44. The third-order valence-electron chi connectivity index (χ3n) is 9.92. The number of hydrogen-bond acceptors (Lipinski definition) is 8. The largest absolute Gasteiger partial charge is 0.472 e. The number of unbranched alkanes of at least 4 members (excludes halogenated alkanes) is 23. The fourth-order valence-electron chi connectivity index (χ4n) is 6.38. The normalized spacial score (nSPS) is 13.7. The van der Waals surface area contributed by atoms with Gasteiger partial charge in [-0.1, -0.05) is 178 Å². The van der Waals surface area contributed by atoms with Crippen LogP contribution >= 0.6 is 7.82 Å². The van der Waals surface area contributed by atoms with Crippen LogP contribution < -0.4 is 5.73 Å². The summed E-state index contributed by atoms with van der Waals surface area (Å²) in [7, 11) is -4.39. The number of hydrogen-bond donors (Lipinski definition) is 2. The predicted molar refractivity (Wildman–Crippen MR) is 243 cm³/mol. The summed E-state index contributed by atoms with van der Waals surface area (Å²) in [5.41, 5.74) is 5.35. The topological polar surface area (TPSA) is 134 Å². The van der Waals surface area contributed by atoms with Gasteiger partial charge >= 0.3 is 19.8 Å². The number of nitrogens with two attached hydrogens (primary N) is 1.